The zero-order valence-electron chi connectivity index (χ0n) is 12.3. The molecular weight excluding hydrogens is 289 g/mol. The van der Waals surface area contributed by atoms with E-state index in [0.29, 0.717) is 11.3 Å². The van der Waals surface area contributed by atoms with E-state index in [4.69, 9.17) is 4.74 Å². The van der Waals surface area contributed by atoms with Crippen LogP contribution >= 0.6 is 0 Å². The van der Waals surface area contributed by atoms with E-state index in [1.54, 1.807) is 19.8 Å². The molecule has 1 heterocycles. The number of aliphatic hydroxyl groups is 1. The van der Waals surface area contributed by atoms with Crippen molar-refractivity contribution in [1.82, 2.24) is 0 Å². The Balaban J connectivity index is 2.64. The number of esters is 1. The van der Waals surface area contributed by atoms with E-state index in [9.17, 15) is 19.1 Å². The molecule has 0 spiro atoms. The summed E-state index contributed by atoms with van der Waals surface area (Å²) in [5.41, 5.74) is 0.954. The number of anilines is 1. The average molecular weight is 305 g/mol. The van der Waals surface area contributed by atoms with Crippen LogP contribution in [-0.2, 0) is 14.3 Å². The first kappa shape index (κ1) is 15.9. The first-order valence-electron chi connectivity index (χ1n) is 6.87. The van der Waals surface area contributed by atoms with Crippen molar-refractivity contribution in [3.8, 4) is 0 Å². The molecule has 1 aliphatic heterocycles. The molecule has 6 heteroatoms. The van der Waals surface area contributed by atoms with Crippen molar-refractivity contribution in [3.63, 3.8) is 0 Å². The fourth-order valence-electron chi connectivity index (χ4n) is 2.35. The van der Waals surface area contributed by atoms with Crippen molar-refractivity contribution in [2.24, 2.45) is 0 Å². The summed E-state index contributed by atoms with van der Waals surface area (Å²) < 4.78 is 18.5. The van der Waals surface area contributed by atoms with E-state index < -0.39 is 17.8 Å². The molecule has 0 aromatic heterocycles. The van der Waals surface area contributed by atoms with Gasteiger partial charge in [-0.15, -0.1) is 0 Å². The van der Waals surface area contributed by atoms with Crippen LogP contribution in [0.15, 0.2) is 30.0 Å². The normalized spacial score (nSPS) is 14.8. The van der Waals surface area contributed by atoms with Crippen molar-refractivity contribution >= 4 is 23.2 Å². The molecule has 0 fully saturated rings. The Morgan fingerprint density at radius 3 is 2.82 bits per heavy atom. The Morgan fingerprint density at radius 1 is 1.50 bits per heavy atom. The largest absolute Gasteiger partial charge is 0.461 e. The van der Waals surface area contributed by atoms with Crippen LogP contribution in [0.25, 0.3) is 5.57 Å². The lowest BCUT2D eigenvalue weighted by Crippen LogP contribution is -2.40. The lowest BCUT2D eigenvalue weighted by molar-refractivity contribution is -0.138. The molecule has 116 valence electrons. The molecule has 1 N–H and O–H groups in total. The molecule has 0 aliphatic carbocycles. The number of halogens is 1. The Bertz CT molecular complexity index is 677. The second-order valence-corrected chi connectivity index (χ2v) is 4.83. The molecule has 0 amide bonds. The highest BCUT2D eigenvalue weighted by Crippen LogP contribution is 2.37. The summed E-state index contributed by atoms with van der Waals surface area (Å²) in [6.07, 6.45) is 1.30. The number of fused-ring (bicyclic) bond motifs is 1. The van der Waals surface area contributed by atoms with Crippen molar-refractivity contribution in [2.45, 2.75) is 19.9 Å². The highest BCUT2D eigenvalue weighted by Gasteiger charge is 2.31. The van der Waals surface area contributed by atoms with Gasteiger partial charge in [-0.3, -0.25) is 0 Å². The van der Waals surface area contributed by atoms with Crippen molar-refractivity contribution in [2.75, 3.05) is 18.1 Å². The minimum atomic E-state index is -0.620. The molecule has 1 aliphatic rings. The molecule has 2 rings (SSSR count). The fourth-order valence-corrected chi connectivity index (χ4v) is 2.35. The number of carbonyl (C=O) groups is 1. The third-order valence-electron chi connectivity index (χ3n) is 3.35. The Kier molecular flexibility index (Phi) is 4.75. The topological polar surface area (TPSA) is 66.8 Å². The number of hydrogen-bond acceptors (Lipinski definition) is 5. The van der Waals surface area contributed by atoms with Gasteiger partial charge >= 0.3 is 5.97 Å². The summed E-state index contributed by atoms with van der Waals surface area (Å²) >= 11 is 0. The smallest absolute Gasteiger partial charge is 0.355 e. The maximum absolute atomic E-state index is 13.5. The van der Waals surface area contributed by atoms with E-state index in [0.717, 1.165) is 0 Å². The van der Waals surface area contributed by atoms with Gasteiger partial charge in [0.1, 0.15) is 17.5 Å². The average Bonchev–Trinajstić information content (AvgIpc) is 2.52. The summed E-state index contributed by atoms with van der Waals surface area (Å²) in [5, 5.41) is 9.44. The zero-order valence-corrected chi connectivity index (χ0v) is 12.3. The van der Waals surface area contributed by atoms with Gasteiger partial charge < -0.3 is 14.7 Å². The van der Waals surface area contributed by atoms with Gasteiger partial charge in [-0.1, -0.05) is 0 Å². The predicted molar refractivity (Wildman–Crippen MR) is 79.2 cm³/mol. The summed E-state index contributed by atoms with van der Waals surface area (Å²) in [5.74, 6) is 0.595. The molecule has 0 saturated heterocycles. The SMILES string of the molecule is CCOC(=O)C1=CC(=C=O)c2cc(F)ccc2N1C(C)CO. The fraction of sp³-hybridized carbons (Fsp3) is 0.312. The van der Waals surface area contributed by atoms with Gasteiger partial charge in [0.15, 0.2) is 0 Å². The first-order valence-corrected chi connectivity index (χ1v) is 6.87. The number of benzene rings is 1. The minimum Gasteiger partial charge on any atom is -0.461 e. The standard InChI is InChI=1S/C16H16FNO4/c1-3-22-16(21)15-6-11(9-20)13-7-12(17)4-5-14(13)18(15)10(2)8-19/h4-7,10,19H,3,8H2,1-2H3. The van der Waals surface area contributed by atoms with Gasteiger partial charge in [0, 0.05) is 5.56 Å². The van der Waals surface area contributed by atoms with Gasteiger partial charge in [-0.25, -0.2) is 14.0 Å². The second kappa shape index (κ2) is 6.56. The molecule has 0 radical (unpaired) electrons. The summed E-state index contributed by atoms with van der Waals surface area (Å²) in [6.45, 7) is 3.32. The molecule has 1 aromatic rings. The molecule has 1 unspecified atom stereocenters. The number of rotatable bonds is 4. The quantitative estimate of drug-likeness (QED) is 0.677. The summed E-state index contributed by atoms with van der Waals surface area (Å²) in [7, 11) is 0. The number of allylic oxidation sites excluding steroid dienone is 2. The third-order valence-corrected chi connectivity index (χ3v) is 3.35. The Hall–Kier alpha value is -2.43. The predicted octanol–water partition coefficient (Wildman–Crippen LogP) is 1.69. The molecule has 0 bridgehead atoms. The van der Waals surface area contributed by atoms with Crippen molar-refractivity contribution < 1.29 is 23.8 Å². The van der Waals surface area contributed by atoms with E-state index >= 15 is 0 Å². The molecule has 5 nitrogen and oxygen atoms in total. The van der Waals surface area contributed by atoms with Crippen LogP contribution in [0.5, 0.6) is 0 Å². The number of carbonyl (C=O) groups excluding carboxylic acids is 2. The van der Waals surface area contributed by atoms with Gasteiger partial charge in [-0.2, -0.15) is 0 Å². The van der Waals surface area contributed by atoms with Gasteiger partial charge in [0.2, 0.25) is 0 Å². The Labute approximate surface area is 127 Å². The molecule has 1 aromatic carbocycles. The number of hydrogen-bond donors (Lipinski definition) is 1. The van der Waals surface area contributed by atoms with E-state index in [-0.39, 0.29) is 24.5 Å². The molecule has 1 atom stereocenters. The number of ether oxygens (including phenoxy) is 1. The zero-order chi connectivity index (χ0) is 16.3. The van der Waals surface area contributed by atoms with Crippen LogP contribution in [0.3, 0.4) is 0 Å². The maximum atomic E-state index is 13.5. The van der Waals surface area contributed by atoms with Crippen LogP contribution in [-0.4, -0.2) is 36.3 Å². The lowest BCUT2D eigenvalue weighted by atomic mass is 9.97. The van der Waals surface area contributed by atoms with E-state index in [1.807, 2.05) is 0 Å². The van der Waals surface area contributed by atoms with Crippen LogP contribution in [0.4, 0.5) is 10.1 Å². The second-order valence-electron chi connectivity index (χ2n) is 4.83. The molecule has 22 heavy (non-hydrogen) atoms. The maximum Gasteiger partial charge on any atom is 0.355 e. The third kappa shape index (κ3) is 2.79. The lowest BCUT2D eigenvalue weighted by Gasteiger charge is -2.35. The highest BCUT2D eigenvalue weighted by atomic mass is 19.1. The highest BCUT2D eigenvalue weighted by molar-refractivity contribution is 6.07. The van der Waals surface area contributed by atoms with Crippen LogP contribution in [0.1, 0.15) is 19.4 Å². The molecule has 0 saturated carbocycles. The summed E-state index contributed by atoms with van der Waals surface area (Å²) in [6, 6.07) is 3.44. The van der Waals surface area contributed by atoms with Gasteiger partial charge in [0.05, 0.1) is 30.5 Å². The van der Waals surface area contributed by atoms with Crippen LogP contribution in [0.2, 0.25) is 0 Å². The van der Waals surface area contributed by atoms with Crippen molar-refractivity contribution in [3.05, 3.63) is 41.4 Å². The monoisotopic (exact) mass is 305 g/mol. The van der Waals surface area contributed by atoms with Crippen LogP contribution < -0.4 is 4.90 Å². The van der Waals surface area contributed by atoms with Crippen molar-refractivity contribution in [1.29, 1.82) is 0 Å². The minimum absolute atomic E-state index is 0.0685. The summed E-state index contributed by atoms with van der Waals surface area (Å²) in [4.78, 5) is 24.8. The van der Waals surface area contributed by atoms with Gasteiger partial charge in [0.25, 0.3) is 0 Å². The first-order chi connectivity index (χ1) is 10.5. The number of aliphatic hydroxyl groups excluding tert-OH is 1. The number of nitrogens with zero attached hydrogens (tertiary/aromatic N) is 1. The Morgan fingerprint density at radius 2 is 2.23 bits per heavy atom. The van der Waals surface area contributed by atoms with Crippen LogP contribution in [0, 0.1) is 5.82 Å². The van der Waals surface area contributed by atoms with E-state index in [2.05, 4.69) is 0 Å². The molecular formula is C16H16FNO4. The van der Waals surface area contributed by atoms with E-state index in [1.165, 1.54) is 29.2 Å². The van der Waals surface area contributed by atoms with Gasteiger partial charge in [-0.05, 0) is 38.1 Å².